The number of allylic oxidation sites excluding steroid dienone is 1. The molecule has 0 atom stereocenters. The van der Waals surface area contributed by atoms with E-state index in [0.717, 1.165) is 54.5 Å². The number of benzene rings is 3. The highest BCUT2D eigenvalue weighted by atomic mass is 16.5. The van der Waals surface area contributed by atoms with Crippen molar-refractivity contribution in [2.45, 2.75) is 59.8 Å². The number of amides is 4. The summed E-state index contributed by atoms with van der Waals surface area (Å²) < 4.78 is 21.0. The largest absolute Gasteiger partial charge is 0.369 e. The molecule has 300 valence electrons. The summed E-state index contributed by atoms with van der Waals surface area (Å²) in [6.07, 6.45) is 8.98. The Balaban J connectivity index is 0.000000393. The van der Waals surface area contributed by atoms with E-state index in [2.05, 4.69) is 72.4 Å². The van der Waals surface area contributed by atoms with E-state index in [0.29, 0.717) is 18.8 Å². The summed E-state index contributed by atoms with van der Waals surface area (Å²) in [4.78, 5) is 46.6. The highest BCUT2D eigenvalue weighted by Gasteiger charge is 2.06. The molecule has 4 amide bonds. The van der Waals surface area contributed by atoms with Crippen molar-refractivity contribution in [3.8, 4) is 11.1 Å². The fourth-order valence-electron chi connectivity index (χ4n) is 4.79. The Labute approximate surface area is 326 Å². The number of carbonyl (C=O) groups is 4. The van der Waals surface area contributed by atoms with Gasteiger partial charge in [-0.25, -0.2) is 0 Å². The van der Waals surface area contributed by atoms with Gasteiger partial charge in [0.15, 0.2) is 0 Å². The third-order valence-electron chi connectivity index (χ3n) is 7.77. The van der Waals surface area contributed by atoms with Gasteiger partial charge in [0.05, 0.1) is 26.4 Å². The molecule has 0 aromatic heterocycles. The van der Waals surface area contributed by atoms with Crippen LogP contribution in [0.2, 0.25) is 0 Å². The maximum absolute atomic E-state index is 12.0. The van der Waals surface area contributed by atoms with Crippen LogP contribution in [0.15, 0.2) is 78.9 Å². The maximum Gasteiger partial charge on any atom is 0.250 e. The van der Waals surface area contributed by atoms with Gasteiger partial charge in [0.1, 0.15) is 26.4 Å². The predicted molar refractivity (Wildman–Crippen MR) is 219 cm³/mol. The molecule has 3 aromatic carbocycles. The minimum absolute atomic E-state index is 0.00362. The first kappa shape index (κ1) is 46.3. The zero-order valence-electron chi connectivity index (χ0n) is 33.0. The zero-order valence-corrected chi connectivity index (χ0v) is 33.0. The smallest absolute Gasteiger partial charge is 0.250 e. The summed E-state index contributed by atoms with van der Waals surface area (Å²) >= 11 is 0. The summed E-state index contributed by atoms with van der Waals surface area (Å²) in [6, 6.07) is 23.7. The Morgan fingerprint density at radius 1 is 0.564 bits per heavy atom. The first-order valence-corrected chi connectivity index (χ1v) is 19.1. The molecule has 0 fully saturated rings. The van der Waals surface area contributed by atoms with Crippen molar-refractivity contribution in [2.24, 2.45) is 0 Å². The summed E-state index contributed by atoms with van der Waals surface area (Å²) in [5.41, 5.74) is 6.01. The van der Waals surface area contributed by atoms with Gasteiger partial charge in [0.2, 0.25) is 23.6 Å². The molecule has 0 heterocycles. The molecule has 0 saturated carbocycles. The lowest BCUT2D eigenvalue weighted by Gasteiger charge is -2.08. The van der Waals surface area contributed by atoms with Crippen molar-refractivity contribution in [1.29, 1.82) is 0 Å². The first-order chi connectivity index (χ1) is 26.8. The Morgan fingerprint density at radius 3 is 1.47 bits per heavy atom. The SMILES string of the molecule is CC=Cc1ccc(-c2ccc(NC(=O)COCCOCC(=O)NCCCC)cc2)cc1.CCCCNC(=O)COCCOCC(=O)Nc1cccc(CC)c1. The van der Waals surface area contributed by atoms with Crippen LogP contribution in [-0.4, -0.2) is 89.6 Å². The predicted octanol–water partition coefficient (Wildman–Crippen LogP) is 6.41. The van der Waals surface area contributed by atoms with E-state index >= 15 is 0 Å². The highest BCUT2D eigenvalue weighted by molar-refractivity contribution is 5.92. The molecule has 12 heteroatoms. The number of rotatable bonds is 25. The zero-order chi connectivity index (χ0) is 39.9. The number of hydrogen-bond donors (Lipinski definition) is 4. The molecular formula is C43H60N4O8. The van der Waals surface area contributed by atoms with Gasteiger partial charge in [-0.15, -0.1) is 0 Å². The van der Waals surface area contributed by atoms with Crippen LogP contribution >= 0.6 is 0 Å². The Morgan fingerprint density at radius 2 is 1.02 bits per heavy atom. The monoisotopic (exact) mass is 760 g/mol. The Hall–Kier alpha value is -4.88. The summed E-state index contributed by atoms with van der Waals surface area (Å²) in [5.74, 6) is -0.707. The first-order valence-electron chi connectivity index (χ1n) is 19.1. The summed E-state index contributed by atoms with van der Waals surface area (Å²) in [7, 11) is 0. The number of hydrogen-bond acceptors (Lipinski definition) is 8. The number of nitrogens with one attached hydrogen (secondary N) is 4. The van der Waals surface area contributed by atoms with Crippen molar-refractivity contribution in [3.63, 3.8) is 0 Å². The van der Waals surface area contributed by atoms with E-state index < -0.39 is 0 Å². The van der Waals surface area contributed by atoms with Gasteiger partial charge in [-0.1, -0.05) is 94.3 Å². The van der Waals surface area contributed by atoms with E-state index in [1.807, 2.05) is 61.5 Å². The van der Waals surface area contributed by atoms with E-state index in [1.165, 1.54) is 5.56 Å². The molecule has 4 N–H and O–H groups in total. The lowest BCUT2D eigenvalue weighted by Crippen LogP contribution is -2.29. The van der Waals surface area contributed by atoms with Crippen molar-refractivity contribution in [2.75, 3.05) is 76.6 Å². The number of anilines is 2. The van der Waals surface area contributed by atoms with Crippen LogP contribution in [-0.2, 0) is 44.5 Å². The fourth-order valence-corrected chi connectivity index (χ4v) is 4.79. The quantitative estimate of drug-likeness (QED) is 0.0723. The molecule has 0 aliphatic heterocycles. The average Bonchev–Trinajstić information content (AvgIpc) is 3.19. The van der Waals surface area contributed by atoms with Gasteiger partial charge in [0.25, 0.3) is 0 Å². The topological polar surface area (TPSA) is 153 Å². The molecule has 0 aliphatic carbocycles. The molecule has 12 nitrogen and oxygen atoms in total. The van der Waals surface area contributed by atoms with Gasteiger partial charge in [-0.3, -0.25) is 19.2 Å². The third kappa shape index (κ3) is 22.2. The molecule has 0 radical (unpaired) electrons. The molecule has 0 unspecified atom stereocenters. The minimum atomic E-state index is -0.235. The van der Waals surface area contributed by atoms with Crippen LogP contribution in [0.5, 0.6) is 0 Å². The average molecular weight is 761 g/mol. The van der Waals surface area contributed by atoms with E-state index in [-0.39, 0.29) is 76.5 Å². The van der Waals surface area contributed by atoms with Crippen LogP contribution in [0.3, 0.4) is 0 Å². The third-order valence-corrected chi connectivity index (χ3v) is 7.77. The summed E-state index contributed by atoms with van der Waals surface area (Å²) in [5, 5.41) is 11.1. The molecule has 0 spiro atoms. The van der Waals surface area contributed by atoms with Crippen LogP contribution in [0.1, 0.15) is 64.5 Å². The van der Waals surface area contributed by atoms with Crippen molar-refractivity contribution < 1.29 is 38.1 Å². The van der Waals surface area contributed by atoms with Gasteiger partial charge in [-0.2, -0.15) is 0 Å². The van der Waals surface area contributed by atoms with Crippen LogP contribution < -0.4 is 21.3 Å². The Bertz CT molecular complexity index is 1560. The molecular weight excluding hydrogens is 700 g/mol. The standard InChI is InChI=1S/C25H32N2O4.C18H28N2O4/c1-3-5-15-26-24(28)18-30-16-17-31-19-25(29)27-23-13-11-22(12-14-23)21-9-7-20(6-4-2)8-10-21;1-3-5-9-19-17(21)13-23-10-11-24-14-18(22)20-16-8-6-7-15(4-2)12-16/h4,6-14H,3,5,15-19H2,1-2H3,(H,26,28)(H,27,29);6-8,12H,3-5,9-11,13-14H2,1-2H3,(H,19,21)(H,20,22). The molecule has 0 bridgehead atoms. The normalized spacial score (nSPS) is 10.7. The van der Waals surface area contributed by atoms with Crippen molar-refractivity contribution >= 4 is 41.1 Å². The van der Waals surface area contributed by atoms with Gasteiger partial charge in [0, 0.05) is 24.5 Å². The van der Waals surface area contributed by atoms with Crippen molar-refractivity contribution in [1.82, 2.24) is 10.6 Å². The minimum Gasteiger partial charge on any atom is -0.369 e. The van der Waals surface area contributed by atoms with E-state index in [9.17, 15) is 19.2 Å². The van der Waals surface area contributed by atoms with Crippen LogP contribution in [0, 0.1) is 0 Å². The number of aryl methyl sites for hydroxylation is 1. The van der Waals surface area contributed by atoms with E-state index in [1.54, 1.807) is 0 Å². The summed E-state index contributed by atoms with van der Waals surface area (Å²) in [6.45, 7) is 10.5. The second kappa shape index (κ2) is 29.5. The molecule has 0 saturated heterocycles. The van der Waals surface area contributed by atoms with E-state index in [4.69, 9.17) is 18.9 Å². The molecule has 3 aromatic rings. The van der Waals surface area contributed by atoms with Crippen LogP contribution in [0.4, 0.5) is 11.4 Å². The van der Waals surface area contributed by atoms with Gasteiger partial charge >= 0.3 is 0 Å². The molecule has 0 aliphatic rings. The maximum atomic E-state index is 12.0. The fraction of sp³-hybridized carbons (Fsp3) is 0.442. The lowest BCUT2D eigenvalue weighted by molar-refractivity contribution is -0.127. The highest BCUT2D eigenvalue weighted by Crippen LogP contribution is 2.22. The lowest BCUT2D eigenvalue weighted by atomic mass is 10.0. The van der Waals surface area contributed by atoms with Crippen molar-refractivity contribution in [3.05, 3.63) is 90.0 Å². The molecule has 3 rings (SSSR count). The van der Waals surface area contributed by atoms with Crippen LogP contribution in [0.25, 0.3) is 17.2 Å². The molecule has 55 heavy (non-hydrogen) atoms. The second-order valence-electron chi connectivity index (χ2n) is 12.5. The number of unbranched alkanes of at least 4 members (excludes halogenated alkanes) is 2. The second-order valence-corrected chi connectivity index (χ2v) is 12.5. The van der Waals surface area contributed by atoms with Gasteiger partial charge < -0.3 is 40.2 Å². The number of ether oxygens (including phenoxy) is 4. The number of carbonyl (C=O) groups excluding carboxylic acids is 4. The Kier molecular flexibility index (Phi) is 24.8. The van der Waals surface area contributed by atoms with Gasteiger partial charge in [-0.05, 0) is 72.7 Å².